The molecule has 2 aromatic rings. The quantitative estimate of drug-likeness (QED) is 0.303. The second-order valence-corrected chi connectivity index (χ2v) is 7.62. The Kier molecular flexibility index (Phi) is 10.9. The van der Waals surface area contributed by atoms with Gasteiger partial charge in [0.2, 0.25) is 0 Å². The second-order valence-electron chi connectivity index (χ2n) is 7.22. The van der Waals surface area contributed by atoms with E-state index in [9.17, 15) is 4.79 Å². The van der Waals surface area contributed by atoms with Crippen LogP contribution in [0.5, 0.6) is 5.75 Å². The van der Waals surface area contributed by atoms with Gasteiger partial charge in [-0.25, -0.2) is 0 Å². The Bertz CT molecular complexity index is 903. The molecular formula is C23H31ClIN5O2. The molecule has 0 aromatic heterocycles. The van der Waals surface area contributed by atoms with Crippen molar-refractivity contribution in [2.45, 2.75) is 13.5 Å². The maximum absolute atomic E-state index is 11.6. The van der Waals surface area contributed by atoms with Crippen LogP contribution in [0, 0.1) is 0 Å². The van der Waals surface area contributed by atoms with Crippen molar-refractivity contribution in [1.29, 1.82) is 0 Å². The minimum absolute atomic E-state index is 0. The third-order valence-electron chi connectivity index (χ3n) is 5.08. The van der Waals surface area contributed by atoms with Gasteiger partial charge < -0.3 is 25.2 Å². The molecule has 174 valence electrons. The first-order chi connectivity index (χ1) is 15.1. The first kappa shape index (κ1) is 26.1. The predicted molar refractivity (Wildman–Crippen MR) is 141 cm³/mol. The summed E-state index contributed by atoms with van der Waals surface area (Å²) in [5.74, 6) is 1.42. The maximum Gasteiger partial charge on any atom is 0.257 e. The van der Waals surface area contributed by atoms with Gasteiger partial charge in [0.15, 0.2) is 12.6 Å². The summed E-state index contributed by atoms with van der Waals surface area (Å²) in [6, 6.07) is 15.7. The Labute approximate surface area is 212 Å². The SMILES string of the molecule is CCNC(=O)COc1cccc(CNC(=NC)N2CCN(c3ccccc3Cl)CC2)c1.I. The lowest BCUT2D eigenvalue weighted by atomic mass is 10.2. The predicted octanol–water partition coefficient (Wildman–Crippen LogP) is 3.37. The number of hydrogen-bond donors (Lipinski definition) is 2. The van der Waals surface area contributed by atoms with E-state index >= 15 is 0 Å². The number of aliphatic imine (C=N–C) groups is 1. The molecule has 1 aliphatic rings. The number of piperazine rings is 1. The lowest BCUT2D eigenvalue weighted by molar-refractivity contribution is -0.122. The molecule has 0 saturated carbocycles. The largest absolute Gasteiger partial charge is 0.484 e. The van der Waals surface area contributed by atoms with E-state index < -0.39 is 0 Å². The zero-order valence-corrected chi connectivity index (χ0v) is 21.6. The molecule has 0 unspecified atom stereocenters. The van der Waals surface area contributed by atoms with E-state index in [1.807, 2.05) is 49.4 Å². The second kappa shape index (κ2) is 13.4. The van der Waals surface area contributed by atoms with Crippen LogP contribution in [0.1, 0.15) is 12.5 Å². The molecule has 2 aromatic carbocycles. The summed E-state index contributed by atoms with van der Waals surface area (Å²) in [5.41, 5.74) is 2.14. The molecule has 7 nitrogen and oxygen atoms in total. The average Bonchev–Trinajstić information content (AvgIpc) is 2.79. The number of anilines is 1. The molecule has 1 saturated heterocycles. The van der Waals surface area contributed by atoms with Crippen LogP contribution in [0.3, 0.4) is 0 Å². The van der Waals surface area contributed by atoms with Crippen molar-refractivity contribution in [3.8, 4) is 5.75 Å². The number of para-hydroxylation sites is 1. The van der Waals surface area contributed by atoms with Crippen LogP contribution < -0.4 is 20.3 Å². The van der Waals surface area contributed by atoms with Crippen LogP contribution in [0.15, 0.2) is 53.5 Å². The number of guanidine groups is 1. The van der Waals surface area contributed by atoms with Gasteiger partial charge in [-0.05, 0) is 36.8 Å². The molecule has 2 N–H and O–H groups in total. The molecule has 0 bridgehead atoms. The van der Waals surface area contributed by atoms with Crippen molar-refractivity contribution in [2.75, 3.05) is 51.3 Å². The van der Waals surface area contributed by atoms with Gasteiger partial charge in [0.1, 0.15) is 5.75 Å². The van der Waals surface area contributed by atoms with E-state index in [1.165, 1.54) is 0 Å². The van der Waals surface area contributed by atoms with Gasteiger partial charge in [0.05, 0.1) is 10.7 Å². The fourth-order valence-electron chi connectivity index (χ4n) is 3.52. The van der Waals surface area contributed by atoms with Crippen molar-refractivity contribution in [1.82, 2.24) is 15.5 Å². The summed E-state index contributed by atoms with van der Waals surface area (Å²) < 4.78 is 5.58. The van der Waals surface area contributed by atoms with Crippen molar-refractivity contribution >= 4 is 53.1 Å². The minimum Gasteiger partial charge on any atom is -0.484 e. The topological polar surface area (TPSA) is 69.2 Å². The third-order valence-corrected chi connectivity index (χ3v) is 5.40. The maximum atomic E-state index is 11.6. The zero-order valence-electron chi connectivity index (χ0n) is 18.5. The molecule has 1 heterocycles. The van der Waals surface area contributed by atoms with Crippen LogP contribution in [-0.4, -0.2) is 63.1 Å². The highest BCUT2D eigenvalue weighted by atomic mass is 127. The van der Waals surface area contributed by atoms with E-state index in [1.54, 1.807) is 7.05 Å². The number of hydrogen-bond acceptors (Lipinski definition) is 4. The first-order valence-corrected chi connectivity index (χ1v) is 10.9. The lowest BCUT2D eigenvalue weighted by Crippen LogP contribution is -2.52. The molecule has 1 aliphatic heterocycles. The van der Waals surface area contributed by atoms with Crippen molar-refractivity contribution in [3.05, 3.63) is 59.1 Å². The first-order valence-electron chi connectivity index (χ1n) is 10.5. The van der Waals surface area contributed by atoms with E-state index in [0.717, 1.165) is 48.4 Å². The van der Waals surface area contributed by atoms with Gasteiger partial charge in [-0.2, -0.15) is 0 Å². The van der Waals surface area contributed by atoms with E-state index in [0.29, 0.717) is 18.8 Å². The van der Waals surface area contributed by atoms with Crippen molar-refractivity contribution < 1.29 is 9.53 Å². The number of nitrogens with zero attached hydrogens (tertiary/aromatic N) is 3. The van der Waals surface area contributed by atoms with Gasteiger partial charge in [0, 0.05) is 46.3 Å². The van der Waals surface area contributed by atoms with E-state index in [-0.39, 0.29) is 36.5 Å². The highest BCUT2D eigenvalue weighted by molar-refractivity contribution is 14.0. The van der Waals surface area contributed by atoms with Crippen LogP contribution in [-0.2, 0) is 11.3 Å². The number of carbonyl (C=O) groups excluding carboxylic acids is 1. The Morgan fingerprint density at radius 1 is 1.09 bits per heavy atom. The number of nitrogens with one attached hydrogen (secondary N) is 2. The van der Waals surface area contributed by atoms with E-state index in [2.05, 4.69) is 31.5 Å². The molecule has 32 heavy (non-hydrogen) atoms. The summed E-state index contributed by atoms with van der Waals surface area (Å²) in [4.78, 5) is 20.6. The monoisotopic (exact) mass is 571 g/mol. The Morgan fingerprint density at radius 2 is 1.84 bits per heavy atom. The Morgan fingerprint density at radius 3 is 2.53 bits per heavy atom. The summed E-state index contributed by atoms with van der Waals surface area (Å²) in [7, 11) is 1.80. The van der Waals surface area contributed by atoms with Crippen LogP contribution in [0.2, 0.25) is 5.02 Å². The fraction of sp³-hybridized carbons (Fsp3) is 0.391. The number of carbonyl (C=O) groups is 1. The van der Waals surface area contributed by atoms with Crippen molar-refractivity contribution in [2.24, 2.45) is 4.99 Å². The molecule has 0 atom stereocenters. The van der Waals surface area contributed by atoms with Gasteiger partial charge in [0.25, 0.3) is 5.91 Å². The number of benzene rings is 2. The van der Waals surface area contributed by atoms with Gasteiger partial charge in [-0.1, -0.05) is 35.9 Å². The number of rotatable bonds is 7. The van der Waals surface area contributed by atoms with Gasteiger partial charge >= 0.3 is 0 Å². The van der Waals surface area contributed by atoms with Crippen LogP contribution in [0.25, 0.3) is 0 Å². The summed E-state index contributed by atoms with van der Waals surface area (Å²) >= 11 is 6.35. The molecule has 0 radical (unpaired) electrons. The molecule has 0 spiro atoms. The van der Waals surface area contributed by atoms with Gasteiger partial charge in [-0.15, -0.1) is 24.0 Å². The van der Waals surface area contributed by atoms with Gasteiger partial charge in [-0.3, -0.25) is 9.79 Å². The Balaban J connectivity index is 0.00000363. The standard InChI is InChI=1S/C23H30ClN5O2.HI/c1-3-26-22(30)17-31-19-8-6-7-18(15-19)16-27-23(25-2)29-13-11-28(12-14-29)21-10-5-4-9-20(21)24;/h4-10,15H,3,11-14,16-17H2,1-2H3,(H,25,27)(H,26,30);1H. The normalized spacial score (nSPS) is 13.9. The summed E-state index contributed by atoms with van der Waals surface area (Å²) in [5, 5.41) is 6.94. The summed E-state index contributed by atoms with van der Waals surface area (Å²) in [6.45, 7) is 6.60. The number of amides is 1. The molecule has 3 rings (SSSR count). The molecule has 9 heteroatoms. The van der Waals surface area contributed by atoms with Crippen molar-refractivity contribution in [3.63, 3.8) is 0 Å². The smallest absolute Gasteiger partial charge is 0.257 e. The zero-order chi connectivity index (χ0) is 22.1. The highest BCUT2D eigenvalue weighted by Crippen LogP contribution is 2.26. The van der Waals surface area contributed by atoms with Crippen LogP contribution in [0.4, 0.5) is 5.69 Å². The molecule has 1 amide bonds. The summed E-state index contributed by atoms with van der Waals surface area (Å²) in [6.07, 6.45) is 0. The highest BCUT2D eigenvalue weighted by Gasteiger charge is 2.21. The molecule has 0 aliphatic carbocycles. The fourth-order valence-corrected chi connectivity index (χ4v) is 3.78. The average molecular weight is 572 g/mol. The van der Waals surface area contributed by atoms with E-state index in [4.69, 9.17) is 16.3 Å². The number of ether oxygens (including phenoxy) is 1. The minimum atomic E-state index is -0.123. The number of halogens is 2. The molecule has 1 fully saturated rings. The molecular weight excluding hydrogens is 541 g/mol. The lowest BCUT2D eigenvalue weighted by Gasteiger charge is -2.38. The van der Waals surface area contributed by atoms with Crippen LogP contribution >= 0.6 is 35.6 Å². The number of likely N-dealkylation sites (N-methyl/N-ethyl adjacent to an activating group) is 1. The Hall–Kier alpha value is -2.20. The third kappa shape index (κ3) is 7.44.